The molecule has 170 valence electrons. The van der Waals surface area contributed by atoms with Gasteiger partial charge in [-0.25, -0.2) is 4.68 Å². The first-order chi connectivity index (χ1) is 16.0. The van der Waals surface area contributed by atoms with E-state index in [2.05, 4.69) is 10.3 Å². The number of aromatic hydroxyl groups is 1. The van der Waals surface area contributed by atoms with Crippen molar-refractivity contribution in [3.8, 4) is 34.4 Å². The number of fused-ring (bicyclic) bond motifs is 1. The van der Waals surface area contributed by atoms with Crippen LogP contribution in [-0.2, 0) is 4.79 Å². The van der Waals surface area contributed by atoms with Crippen LogP contribution in [-0.4, -0.2) is 47.0 Å². The molecule has 0 fully saturated rings. The van der Waals surface area contributed by atoms with E-state index in [1.807, 2.05) is 12.1 Å². The van der Waals surface area contributed by atoms with Gasteiger partial charge in [-0.15, -0.1) is 5.10 Å². The summed E-state index contributed by atoms with van der Waals surface area (Å²) >= 11 is 0. The van der Waals surface area contributed by atoms with Gasteiger partial charge < -0.3 is 24.6 Å². The van der Waals surface area contributed by atoms with Crippen molar-refractivity contribution in [1.82, 2.24) is 14.8 Å². The Morgan fingerprint density at radius 2 is 1.73 bits per heavy atom. The minimum atomic E-state index is -0.504. The predicted octanol–water partition coefficient (Wildman–Crippen LogP) is 3.70. The average Bonchev–Trinajstić information content (AvgIpc) is 3.26. The van der Waals surface area contributed by atoms with E-state index >= 15 is 0 Å². The topological polar surface area (TPSA) is 108 Å². The highest BCUT2D eigenvalue weighted by Gasteiger charge is 2.37. The molecular formula is C24H24N4O5. The number of allylic oxidation sites excluding steroid dienone is 2. The summed E-state index contributed by atoms with van der Waals surface area (Å²) in [6, 6.07) is 9.87. The lowest BCUT2D eigenvalue weighted by atomic mass is 9.85. The molecule has 1 aliphatic heterocycles. The van der Waals surface area contributed by atoms with Gasteiger partial charge in [-0.1, -0.05) is 0 Å². The van der Waals surface area contributed by atoms with E-state index in [-0.39, 0.29) is 11.5 Å². The van der Waals surface area contributed by atoms with E-state index < -0.39 is 6.04 Å². The summed E-state index contributed by atoms with van der Waals surface area (Å²) in [6.45, 7) is 0. The van der Waals surface area contributed by atoms with Crippen molar-refractivity contribution in [1.29, 1.82) is 0 Å². The molecule has 0 amide bonds. The minimum absolute atomic E-state index is 0.0786. The lowest BCUT2D eigenvalue weighted by Crippen LogP contribution is -2.31. The second kappa shape index (κ2) is 8.16. The smallest absolute Gasteiger partial charge is 0.226 e. The summed E-state index contributed by atoms with van der Waals surface area (Å²) in [7, 11) is 4.67. The molecule has 33 heavy (non-hydrogen) atoms. The van der Waals surface area contributed by atoms with Crippen LogP contribution < -0.4 is 19.5 Å². The Bertz CT molecular complexity index is 1240. The van der Waals surface area contributed by atoms with E-state index in [0.717, 1.165) is 29.7 Å². The second-order valence-electron chi connectivity index (χ2n) is 7.91. The molecule has 1 aromatic heterocycles. The number of phenols is 1. The van der Waals surface area contributed by atoms with E-state index in [1.165, 1.54) is 0 Å². The van der Waals surface area contributed by atoms with Crippen LogP contribution in [0.4, 0.5) is 5.95 Å². The molecule has 0 saturated carbocycles. The number of carbonyl (C=O) groups is 1. The zero-order chi connectivity index (χ0) is 23.1. The fourth-order valence-corrected chi connectivity index (χ4v) is 4.46. The molecule has 0 radical (unpaired) electrons. The first-order valence-electron chi connectivity index (χ1n) is 10.6. The molecule has 0 unspecified atom stereocenters. The number of aromatic nitrogens is 3. The molecule has 2 heterocycles. The average molecular weight is 448 g/mol. The van der Waals surface area contributed by atoms with Crippen molar-refractivity contribution >= 4 is 11.7 Å². The third-order valence-corrected chi connectivity index (χ3v) is 6.00. The van der Waals surface area contributed by atoms with Crippen molar-refractivity contribution < 1.29 is 24.1 Å². The van der Waals surface area contributed by atoms with Crippen LogP contribution in [0.2, 0.25) is 0 Å². The number of Topliss-reactive ketones (excluding diaryl/α,β-unsaturated/α-hetero) is 1. The maximum Gasteiger partial charge on any atom is 0.226 e. The van der Waals surface area contributed by atoms with Crippen molar-refractivity contribution in [2.24, 2.45) is 0 Å². The summed E-state index contributed by atoms with van der Waals surface area (Å²) in [6.07, 6.45) is 2.02. The zero-order valence-corrected chi connectivity index (χ0v) is 18.6. The maximum atomic E-state index is 13.1. The Hall–Kier alpha value is -4.01. The van der Waals surface area contributed by atoms with Crippen molar-refractivity contribution in [3.05, 3.63) is 53.2 Å². The Kier molecular flexibility index (Phi) is 5.16. The van der Waals surface area contributed by atoms with Crippen LogP contribution in [0, 0.1) is 0 Å². The summed E-state index contributed by atoms with van der Waals surface area (Å²) < 4.78 is 18.3. The molecule has 2 aromatic carbocycles. The monoisotopic (exact) mass is 448 g/mol. The summed E-state index contributed by atoms with van der Waals surface area (Å²) in [5.74, 6) is 2.75. The van der Waals surface area contributed by atoms with Crippen molar-refractivity contribution in [2.45, 2.75) is 25.3 Å². The molecule has 2 aliphatic rings. The van der Waals surface area contributed by atoms with Crippen LogP contribution >= 0.6 is 0 Å². The first-order valence-corrected chi connectivity index (χ1v) is 10.6. The molecule has 0 spiro atoms. The lowest BCUT2D eigenvalue weighted by Gasteiger charge is -2.32. The number of carbonyl (C=O) groups excluding carboxylic acids is 1. The highest BCUT2D eigenvalue weighted by molar-refractivity contribution is 5.99. The highest BCUT2D eigenvalue weighted by Crippen LogP contribution is 2.45. The zero-order valence-electron chi connectivity index (χ0n) is 18.6. The Labute approximate surface area is 190 Å². The van der Waals surface area contributed by atoms with Gasteiger partial charge in [0.1, 0.15) is 11.8 Å². The molecule has 5 rings (SSSR count). The molecule has 3 aromatic rings. The van der Waals surface area contributed by atoms with Gasteiger partial charge >= 0.3 is 0 Å². The van der Waals surface area contributed by atoms with Crippen LogP contribution in [0.3, 0.4) is 0 Å². The number of hydrogen-bond acceptors (Lipinski definition) is 8. The number of benzene rings is 2. The quantitative estimate of drug-likeness (QED) is 0.608. The number of hydrogen-bond donors (Lipinski definition) is 2. The molecule has 0 saturated heterocycles. The predicted molar refractivity (Wildman–Crippen MR) is 121 cm³/mol. The van der Waals surface area contributed by atoms with Crippen LogP contribution in [0.1, 0.15) is 30.9 Å². The molecule has 0 bridgehead atoms. The molecule has 9 nitrogen and oxygen atoms in total. The van der Waals surface area contributed by atoms with Crippen LogP contribution in [0.25, 0.3) is 11.4 Å². The molecular weight excluding hydrogens is 424 g/mol. The number of methoxy groups -OCH3 is 3. The largest absolute Gasteiger partial charge is 0.508 e. The Morgan fingerprint density at radius 1 is 1.03 bits per heavy atom. The minimum Gasteiger partial charge on any atom is -0.508 e. The van der Waals surface area contributed by atoms with Gasteiger partial charge in [0, 0.05) is 23.3 Å². The number of nitrogens with zero attached hydrogens (tertiary/aromatic N) is 3. The van der Waals surface area contributed by atoms with Gasteiger partial charge in [-0.3, -0.25) is 4.79 Å². The van der Waals surface area contributed by atoms with Gasteiger partial charge in [0.2, 0.25) is 11.7 Å². The van der Waals surface area contributed by atoms with E-state index in [0.29, 0.717) is 41.0 Å². The van der Waals surface area contributed by atoms with E-state index in [1.54, 1.807) is 50.3 Å². The molecule has 1 aliphatic carbocycles. The molecule has 1 atom stereocenters. The number of nitrogens with one attached hydrogen (secondary N) is 1. The highest BCUT2D eigenvalue weighted by atomic mass is 16.5. The van der Waals surface area contributed by atoms with E-state index in [9.17, 15) is 9.90 Å². The summed E-state index contributed by atoms with van der Waals surface area (Å²) in [4.78, 5) is 17.8. The number of rotatable bonds is 5. The van der Waals surface area contributed by atoms with Crippen LogP contribution in [0.5, 0.6) is 23.0 Å². The number of phenolic OH excluding ortho intramolecular Hbond substituents is 1. The van der Waals surface area contributed by atoms with Crippen molar-refractivity contribution in [3.63, 3.8) is 0 Å². The fraction of sp³-hybridized carbons (Fsp3) is 0.292. The standard InChI is InChI=1S/C24H24N4O5/c1-31-18-11-14(12-19(32-2)22(18)33-3)21-20-16(5-4-6-17(20)30)25-24-26-23(27-28(21)24)13-7-9-15(29)10-8-13/h7-12,21,29H,4-6H2,1-3H3,(H,25,26,27)/t21-/m0/s1. The third-order valence-electron chi connectivity index (χ3n) is 6.00. The first kappa shape index (κ1) is 20.9. The van der Waals surface area contributed by atoms with Gasteiger partial charge in [0.15, 0.2) is 23.1 Å². The van der Waals surface area contributed by atoms with E-state index in [4.69, 9.17) is 19.3 Å². The number of ketones is 1. The Morgan fingerprint density at radius 3 is 2.36 bits per heavy atom. The lowest BCUT2D eigenvalue weighted by molar-refractivity contribution is -0.116. The second-order valence-corrected chi connectivity index (χ2v) is 7.91. The van der Waals surface area contributed by atoms with Gasteiger partial charge in [-0.2, -0.15) is 4.98 Å². The fourth-order valence-electron chi connectivity index (χ4n) is 4.46. The van der Waals surface area contributed by atoms with Gasteiger partial charge in [0.05, 0.1) is 21.3 Å². The molecule has 2 N–H and O–H groups in total. The Balaban J connectivity index is 1.70. The number of ether oxygens (including phenoxy) is 3. The van der Waals surface area contributed by atoms with Gasteiger partial charge in [0.25, 0.3) is 0 Å². The summed E-state index contributed by atoms with van der Waals surface area (Å²) in [5.41, 5.74) is 3.06. The number of anilines is 1. The summed E-state index contributed by atoms with van der Waals surface area (Å²) in [5, 5.41) is 17.7. The molecule has 9 heteroatoms. The third kappa shape index (κ3) is 3.45. The maximum absolute atomic E-state index is 13.1. The SMILES string of the molecule is COc1cc([C@H]2C3=C(CCCC3=O)Nc3nc(-c4ccc(O)cc4)nn32)cc(OC)c1OC. The van der Waals surface area contributed by atoms with Crippen molar-refractivity contribution in [2.75, 3.05) is 26.6 Å². The van der Waals surface area contributed by atoms with Gasteiger partial charge in [-0.05, 0) is 54.8 Å². The normalized spacial score (nSPS) is 17.2. The van der Waals surface area contributed by atoms with Crippen LogP contribution in [0.15, 0.2) is 47.7 Å².